The van der Waals surface area contributed by atoms with Gasteiger partial charge >= 0.3 is 0 Å². The third kappa shape index (κ3) is 6.79. The summed E-state index contributed by atoms with van der Waals surface area (Å²) in [5, 5.41) is 8.47. The zero-order valence-electron chi connectivity index (χ0n) is 28.0. The molecule has 9 nitrogen and oxygen atoms in total. The van der Waals surface area contributed by atoms with E-state index in [1.807, 2.05) is 12.1 Å². The summed E-state index contributed by atoms with van der Waals surface area (Å²) in [4.78, 5) is 19.1. The standard InChI is InChI=1S/C37H41BrN7O2P/c1-23-20-33(34(47-3)21-28(23)24-8-10-26(11-9-24)45-18-16-44(2)17-19-45)42-37-39-22-29(38)36(43-37)41-32-15-14-31-27(35(32)48(4,5)46)12-13-30(40-31)25-6-7-25/h8-15,20-22,25H,6-7,16-19H2,1-5H3,(H2,39,41,42,43). The maximum atomic E-state index is 13.7. The van der Waals surface area contributed by atoms with Crippen LogP contribution < -0.4 is 25.6 Å². The molecule has 1 aliphatic heterocycles. The summed E-state index contributed by atoms with van der Waals surface area (Å²) in [5.41, 5.74) is 8.07. The van der Waals surface area contributed by atoms with Crippen LogP contribution in [0.4, 0.5) is 28.8 Å². The molecule has 2 aliphatic rings. The van der Waals surface area contributed by atoms with Gasteiger partial charge in [0.1, 0.15) is 18.7 Å². The zero-order valence-corrected chi connectivity index (χ0v) is 30.5. The molecule has 2 N–H and O–H groups in total. The summed E-state index contributed by atoms with van der Waals surface area (Å²) in [6.45, 7) is 9.93. The molecule has 0 amide bonds. The lowest BCUT2D eigenvalue weighted by molar-refractivity contribution is 0.313. The Kier molecular flexibility index (Phi) is 8.92. The highest BCUT2D eigenvalue weighted by Crippen LogP contribution is 2.44. The Hall–Kier alpha value is -3.98. The number of hydrogen-bond donors (Lipinski definition) is 2. The van der Waals surface area contributed by atoms with E-state index in [0.717, 1.165) is 76.1 Å². The number of aryl methyl sites for hydroxylation is 1. The molecular formula is C37H41BrN7O2P. The van der Waals surface area contributed by atoms with Gasteiger partial charge in [-0.15, -0.1) is 0 Å². The number of ether oxygens (including phenoxy) is 1. The Bertz CT molecular complexity index is 2040. The number of benzene rings is 3. The van der Waals surface area contributed by atoms with E-state index in [1.54, 1.807) is 26.6 Å². The third-order valence-corrected chi connectivity index (χ3v) is 11.4. The molecule has 2 fully saturated rings. The second-order valence-corrected chi connectivity index (χ2v) is 17.2. The smallest absolute Gasteiger partial charge is 0.229 e. The van der Waals surface area contributed by atoms with Crippen molar-refractivity contribution >= 4 is 68.1 Å². The van der Waals surface area contributed by atoms with Crippen LogP contribution in [0.1, 0.15) is 30.0 Å². The fourth-order valence-corrected chi connectivity index (χ4v) is 8.21. The molecule has 1 saturated carbocycles. The van der Waals surface area contributed by atoms with Crippen molar-refractivity contribution in [3.05, 3.63) is 82.6 Å². The van der Waals surface area contributed by atoms with Crippen molar-refractivity contribution < 1.29 is 9.30 Å². The Labute approximate surface area is 290 Å². The van der Waals surface area contributed by atoms with Crippen molar-refractivity contribution in [1.29, 1.82) is 0 Å². The van der Waals surface area contributed by atoms with Gasteiger partial charge in [-0.3, -0.25) is 4.98 Å². The quantitative estimate of drug-likeness (QED) is 0.146. The molecule has 0 unspecified atom stereocenters. The summed E-state index contributed by atoms with van der Waals surface area (Å²) in [5.74, 6) is 2.19. The number of likely N-dealkylation sites (N-methyl/N-ethyl adjacent to an activating group) is 1. The third-order valence-electron chi connectivity index (χ3n) is 9.24. The van der Waals surface area contributed by atoms with E-state index in [2.05, 4.69) is 104 Å². The highest BCUT2D eigenvalue weighted by molar-refractivity contribution is 9.10. The molecule has 0 bridgehead atoms. The Balaban J connectivity index is 1.15. The van der Waals surface area contributed by atoms with Gasteiger partial charge < -0.3 is 29.7 Å². The number of nitrogens with one attached hydrogen (secondary N) is 2. The van der Waals surface area contributed by atoms with Gasteiger partial charge in [0.2, 0.25) is 5.95 Å². The number of aromatic nitrogens is 3. The minimum absolute atomic E-state index is 0.400. The van der Waals surface area contributed by atoms with Gasteiger partial charge in [0, 0.05) is 60.4 Å². The normalized spacial score (nSPS) is 15.5. The minimum Gasteiger partial charge on any atom is -0.495 e. The number of methoxy groups -OCH3 is 1. The number of pyridine rings is 1. The number of anilines is 5. The van der Waals surface area contributed by atoms with Crippen LogP contribution in [0.25, 0.3) is 22.0 Å². The first-order chi connectivity index (χ1) is 23.1. The molecule has 2 aromatic heterocycles. The van der Waals surface area contributed by atoms with Crippen molar-refractivity contribution in [2.45, 2.75) is 25.7 Å². The first-order valence-corrected chi connectivity index (χ1v) is 19.7. The van der Waals surface area contributed by atoms with E-state index >= 15 is 0 Å². The van der Waals surface area contributed by atoms with Gasteiger partial charge in [-0.05, 0) is 115 Å². The average molecular weight is 727 g/mol. The van der Waals surface area contributed by atoms with Crippen molar-refractivity contribution in [3.63, 3.8) is 0 Å². The average Bonchev–Trinajstić information content (AvgIpc) is 3.92. The molecule has 248 valence electrons. The van der Waals surface area contributed by atoms with E-state index in [0.29, 0.717) is 27.9 Å². The molecule has 5 aromatic rings. The van der Waals surface area contributed by atoms with E-state index in [-0.39, 0.29) is 0 Å². The van der Waals surface area contributed by atoms with Crippen LogP contribution in [0, 0.1) is 6.92 Å². The number of fused-ring (bicyclic) bond motifs is 1. The topological polar surface area (TPSA) is 95.5 Å². The molecular weight excluding hydrogens is 685 g/mol. The predicted octanol–water partition coefficient (Wildman–Crippen LogP) is 8.14. The Morgan fingerprint density at radius 1 is 0.917 bits per heavy atom. The lowest BCUT2D eigenvalue weighted by Gasteiger charge is -2.34. The lowest BCUT2D eigenvalue weighted by Crippen LogP contribution is -2.44. The summed E-state index contributed by atoms with van der Waals surface area (Å²) >= 11 is 3.61. The molecule has 0 atom stereocenters. The van der Waals surface area contributed by atoms with Crippen LogP contribution in [0.5, 0.6) is 5.75 Å². The molecule has 3 aromatic carbocycles. The number of halogens is 1. The number of hydrogen-bond acceptors (Lipinski definition) is 9. The Morgan fingerprint density at radius 3 is 2.35 bits per heavy atom. The molecule has 1 saturated heterocycles. The van der Waals surface area contributed by atoms with Gasteiger partial charge in [-0.1, -0.05) is 18.2 Å². The monoisotopic (exact) mass is 725 g/mol. The van der Waals surface area contributed by atoms with Crippen molar-refractivity contribution in [1.82, 2.24) is 19.9 Å². The molecule has 48 heavy (non-hydrogen) atoms. The van der Waals surface area contributed by atoms with E-state index in [9.17, 15) is 4.57 Å². The molecule has 1 aliphatic carbocycles. The maximum absolute atomic E-state index is 13.7. The first-order valence-electron chi connectivity index (χ1n) is 16.4. The van der Waals surface area contributed by atoms with Gasteiger partial charge in [-0.2, -0.15) is 4.98 Å². The highest BCUT2D eigenvalue weighted by Gasteiger charge is 2.27. The summed E-state index contributed by atoms with van der Waals surface area (Å²) in [6, 6.07) is 21.0. The van der Waals surface area contributed by atoms with Crippen molar-refractivity contribution in [3.8, 4) is 16.9 Å². The van der Waals surface area contributed by atoms with Crippen LogP contribution in [-0.2, 0) is 4.57 Å². The van der Waals surface area contributed by atoms with Crippen LogP contribution >= 0.6 is 23.1 Å². The predicted molar refractivity (Wildman–Crippen MR) is 202 cm³/mol. The van der Waals surface area contributed by atoms with Crippen molar-refractivity contribution in [2.75, 3.05) is 69.2 Å². The SMILES string of the molecule is COc1cc(-c2ccc(N3CCN(C)CC3)cc2)c(C)cc1Nc1ncc(Br)c(Nc2ccc3nc(C4CC4)ccc3c2P(C)(C)=O)n1. The fraction of sp³-hybridized carbons (Fsp3) is 0.324. The molecule has 0 radical (unpaired) electrons. The van der Waals surface area contributed by atoms with Crippen molar-refractivity contribution in [2.24, 2.45) is 0 Å². The summed E-state index contributed by atoms with van der Waals surface area (Å²) in [7, 11) is 1.15. The summed E-state index contributed by atoms with van der Waals surface area (Å²) in [6.07, 6.45) is 4.07. The van der Waals surface area contributed by atoms with Gasteiger partial charge in [0.15, 0.2) is 0 Å². The van der Waals surface area contributed by atoms with Crippen LogP contribution in [-0.4, -0.2) is 73.5 Å². The van der Waals surface area contributed by atoms with Gasteiger partial charge in [-0.25, -0.2) is 4.98 Å². The lowest BCUT2D eigenvalue weighted by atomic mass is 9.99. The van der Waals surface area contributed by atoms with Crippen LogP contribution in [0.15, 0.2) is 71.3 Å². The fourth-order valence-electron chi connectivity index (χ4n) is 6.44. The number of rotatable bonds is 9. The van der Waals surface area contributed by atoms with Gasteiger partial charge in [0.05, 0.1) is 28.5 Å². The molecule has 11 heteroatoms. The van der Waals surface area contributed by atoms with Gasteiger partial charge in [0.25, 0.3) is 0 Å². The van der Waals surface area contributed by atoms with Crippen LogP contribution in [0.2, 0.25) is 0 Å². The van der Waals surface area contributed by atoms with E-state index in [1.165, 1.54) is 18.5 Å². The molecule has 0 spiro atoms. The molecule has 3 heterocycles. The second-order valence-electron chi connectivity index (χ2n) is 13.2. The number of piperazine rings is 1. The van der Waals surface area contributed by atoms with E-state index in [4.69, 9.17) is 14.7 Å². The Morgan fingerprint density at radius 2 is 1.67 bits per heavy atom. The van der Waals surface area contributed by atoms with E-state index < -0.39 is 7.14 Å². The summed E-state index contributed by atoms with van der Waals surface area (Å²) < 4.78 is 20.2. The largest absolute Gasteiger partial charge is 0.495 e. The number of nitrogens with zero attached hydrogens (tertiary/aromatic N) is 5. The van der Waals surface area contributed by atoms with Crippen LogP contribution in [0.3, 0.4) is 0 Å². The minimum atomic E-state index is -2.70. The maximum Gasteiger partial charge on any atom is 0.229 e. The zero-order chi connectivity index (χ0) is 33.6. The molecule has 7 rings (SSSR count). The first kappa shape index (κ1) is 32.6. The highest BCUT2D eigenvalue weighted by atomic mass is 79.9. The second kappa shape index (κ2) is 13.1.